The smallest absolute Gasteiger partial charge is 0.219 e. The Morgan fingerprint density at radius 2 is 1.85 bits per heavy atom. The summed E-state index contributed by atoms with van der Waals surface area (Å²) in [7, 11) is 0. The van der Waals surface area contributed by atoms with Crippen LogP contribution in [0.2, 0.25) is 0 Å². The Bertz CT molecular complexity index is 726. The fourth-order valence-electron chi connectivity index (χ4n) is 3.05. The molecule has 1 aromatic heterocycles. The van der Waals surface area contributed by atoms with Crippen LogP contribution >= 0.6 is 0 Å². The lowest BCUT2D eigenvalue weighted by Gasteiger charge is -2.35. The number of amides is 1. The highest BCUT2D eigenvalue weighted by Gasteiger charge is 2.20. The number of nitrogens with zero attached hydrogens (tertiary/aromatic N) is 4. The number of carbonyl (C=O) groups is 1. The molecule has 2 aromatic rings. The molecule has 1 aliphatic heterocycles. The van der Waals surface area contributed by atoms with Crippen LogP contribution in [0.4, 0.5) is 11.6 Å². The van der Waals surface area contributed by atoms with Crippen LogP contribution in [0, 0.1) is 0 Å². The number of unbranched alkanes of at least 4 members (excludes halogenated alkanes) is 1. The number of piperazine rings is 1. The Morgan fingerprint density at radius 3 is 2.50 bits per heavy atom. The molecule has 0 aliphatic carbocycles. The molecule has 1 aliphatic rings. The maximum absolute atomic E-state index is 11.6. The van der Waals surface area contributed by atoms with E-state index in [1.807, 2.05) is 41.3 Å². The predicted octanol–water partition coefficient (Wildman–Crippen LogP) is 3.02. The Kier molecular flexibility index (Phi) is 6.04. The minimum Gasteiger partial charge on any atom is -0.370 e. The Hall–Kier alpha value is -2.63. The molecule has 26 heavy (non-hydrogen) atoms. The van der Waals surface area contributed by atoms with E-state index in [1.54, 1.807) is 6.92 Å². The number of hydrogen-bond donors (Lipinski definition) is 1. The molecule has 1 amide bonds. The summed E-state index contributed by atoms with van der Waals surface area (Å²) in [6.07, 6.45) is 2.25. The van der Waals surface area contributed by atoms with Crippen molar-refractivity contribution in [2.75, 3.05) is 42.9 Å². The lowest BCUT2D eigenvalue weighted by molar-refractivity contribution is -0.129. The van der Waals surface area contributed by atoms with Crippen molar-refractivity contribution in [2.24, 2.45) is 0 Å². The van der Waals surface area contributed by atoms with E-state index in [4.69, 9.17) is 9.97 Å². The van der Waals surface area contributed by atoms with Gasteiger partial charge in [0.1, 0.15) is 11.6 Å². The fourth-order valence-corrected chi connectivity index (χ4v) is 3.05. The molecule has 1 N–H and O–H groups in total. The van der Waals surface area contributed by atoms with Crippen LogP contribution in [-0.4, -0.2) is 53.5 Å². The molecule has 0 spiro atoms. The van der Waals surface area contributed by atoms with Crippen molar-refractivity contribution in [3.63, 3.8) is 0 Å². The maximum atomic E-state index is 11.6. The third-order valence-electron chi connectivity index (χ3n) is 4.63. The first-order chi connectivity index (χ1) is 12.7. The lowest BCUT2D eigenvalue weighted by Crippen LogP contribution is -2.48. The van der Waals surface area contributed by atoms with Gasteiger partial charge in [-0.3, -0.25) is 4.79 Å². The monoisotopic (exact) mass is 353 g/mol. The Labute approximate surface area is 155 Å². The zero-order valence-corrected chi connectivity index (χ0v) is 15.6. The quantitative estimate of drug-likeness (QED) is 0.809. The molecule has 1 fully saturated rings. The molecule has 6 nitrogen and oxygen atoms in total. The van der Waals surface area contributed by atoms with Crippen LogP contribution in [0.1, 0.15) is 26.7 Å². The van der Waals surface area contributed by atoms with E-state index in [0.717, 1.165) is 68.6 Å². The molecule has 3 rings (SSSR count). The van der Waals surface area contributed by atoms with E-state index >= 15 is 0 Å². The summed E-state index contributed by atoms with van der Waals surface area (Å²) in [6, 6.07) is 12.1. The van der Waals surface area contributed by atoms with Gasteiger partial charge >= 0.3 is 0 Å². The number of benzene rings is 1. The average molecular weight is 353 g/mol. The number of hydrogen-bond acceptors (Lipinski definition) is 5. The van der Waals surface area contributed by atoms with Crippen LogP contribution < -0.4 is 10.2 Å². The number of aromatic nitrogens is 2. The van der Waals surface area contributed by atoms with Gasteiger partial charge in [-0.05, 0) is 6.42 Å². The van der Waals surface area contributed by atoms with Gasteiger partial charge in [0.05, 0.1) is 0 Å². The average Bonchev–Trinajstić information content (AvgIpc) is 2.69. The van der Waals surface area contributed by atoms with Crippen LogP contribution in [0.5, 0.6) is 0 Å². The zero-order valence-electron chi connectivity index (χ0n) is 15.6. The molecular weight excluding hydrogens is 326 g/mol. The molecule has 6 heteroatoms. The summed E-state index contributed by atoms with van der Waals surface area (Å²) in [5.41, 5.74) is 1.01. The van der Waals surface area contributed by atoms with Crippen LogP contribution in [0.3, 0.4) is 0 Å². The Morgan fingerprint density at radius 1 is 1.12 bits per heavy atom. The summed E-state index contributed by atoms with van der Waals surface area (Å²) in [5, 5.41) is 3.42. The molecule has 0 unspecified atom stereocenters. The summed E-state index contributed by atoms with van der Waals surface area (Å²) < 4.78 is 0. The first-order valence-electron chi connectivity index (χ1n) is 9.36. The van der Waals surface area contributed by atoms with Gasteiger partial charge in [-0.1, -0.05) is 43.7 Å². The van der Waals surface area contributed by atoms with E-state index < -0.39 is 0 Å². The van der Waals surface area contributed by atoms with Crippen molar-refractivity contribution < 1.29 is 4.79 Å². The second kappa shape index (κ2) is 8.65. The summed E-state index contributed by atoms with van der Waals surface area (Å²) >= 11 is 0. The van der Waals surface area contributed by atoms with Crippen molar-refractivity contribution in [1.82, 2.24) is 14.9 Å². The van der Waals surface area contributed by atoms with Crippen LogP contribution in [-0.2, 0) is 4.79 Å². The molecule has 0 atom stereocenters. The normalized spacial score (nSPS) is 14.4. The highest BCUT2D eigenvalue weighted by molar-refractivity contribution is 5.73. The largest absolute Gasteiger partial charge is 0.370 e. The summed E-state index contributed by atoms with van der Waals surface area (Å²) in [6.45, 7) is 7.76. The Balaban J connectivity index is 1.84. The van der Waals surface area contributed by atoms with Crippen molar-refractivity contribution >= 4 is 17.5 Å². The topological polar surface area (TPSA) is 61.4 Å². The van der Waals surface area contributed by atoms with Gasteiger partial charge in [-0.25, -0.2) is 9.97 Å². The van der Waals surface area contributed by atoms with E-state index in [9.17, 15) is 4.79 Å². The summed E-state index contributed by atoms with van der Waals surface area (Å²) in [5.74, 6) is 2.65. The SMILES string of the molecule is CCCCNc1cc(N2CCN(C(C)=O)CC2)nc(-c2ccccc2)n1. The first kappa shape index (κ1) is 18.2. The predicted molar refractivity (Wildman–Crippen MR) is 105 cm³/mol. The van der Waals surface area contributed by atoms with Gasteiger partial charge in [-0.2, -0.15) is 0 Å². The maximum Gasteiger partial charge on any atom is 0.219 e. The first-order valence-corrected chi connectivity index (χ1v) is 9.36. The minimum absolute atomic E-state index is 0.138. The molecular formula is C20H27N5O. The fraction of sp³-hybridized carbons (Fsp3) is 0.450. The minimum atomic E-state index is 0.138. The van der Waals surface area contributed by atoms with E-state index in [1.165, 1.54) is 0 Å². The van der Waals surface area contributed by atoms with Gasteiger partial charge in [0.25, 0.3) is 0 Å². The van der Waals surface area contributed by atoms with Gasteiger partial charge in [-0.15, -0.1) is 0 Å². The summed E-state index contributed by atoms with van der Waals surface area (Å²) in [4.78, 5) is 25.2. The van der Waals surface area contributed by atoms with Crippen molar-refractivity contribution in [3.05, 3.63) is 36.4 Å². The molecule has 138 valence electrons. The number of carbonyl (C=O) groups excluding carboxylic acids is 1. The van der Waals surface area contributed by atoms with Gasteiger partial charge in [0.15, 0.2) is 5.82 Å². The van der Waals surface area contributed by atoms with Crippen LogP contribution in [0.15, 0.2) is 36.4 Å². The van der Waals surface area contributed by atoms with E-state index in [-0.39, 0.29) is 5.91 Å². The third kappa shape index (κ3) is 4.50. The van der Waals surface area contributed by atoms with Crippen molar-refractivity contribution in [1.29, 1.82) is 0 Å². The second-order valence-corrected chi connectivity index (χ2v) is 6.57. The van der Waals surface area contributed by atoms with Gasteiger partial charge in [0, 0.05) is 51.3 Å². The molecule has 0 bridgehead atoms. The van der Waals surface area contributed by atoms with Crippen molar-refractivity contribution in [3.8, 4) is 11.4 Å². The highest BCUT2D eigenvalue weighted by Crippen LogP contribution is 2.23. The van der Waals surface area contributed by atoms with Crippen molar-refractivity contribution in [2.45, 2.75) is 26.7 Å². The molecule has 0 radical (unpaired) electrons. The second-order valence-electron chi connectivity index (χ2n) is 6.57. The van der Waals surface area contributed by atoms with Crippen LogP contribution in [0.25, 0.3) is 11.4 Å². The number of nitrogens with one attached hydrogen (secondary N) is 1. The standard InChI is InChI=1S/C20H27N5O/c1-3-4-10-21-18-15-19(25-13-11-24(12-14-25)16(2)26)23-20(22-18)17-8-6-5-7-9-17/h5-9,15H,3-4,10-14H2,1-2H3,(H,21,22,23). The number of anilines is 2. The lowest BCUT2D eigenvalue weighted by atomic mass is 10.2. The number of rotatable bonds is 6. The third-order valence-corrected chi connectivity index (χ3v) is 4.63. The molecule has 0 saturated carbocycles. The van der Waals surface area contributed by atoms with E-state index in [2.05, 4.69) is 17.1 Å². The van der Waals surface area contributed by atoms with Gasteiger partial charge in [0.2, 0.25) is 5.91 Å². The molecule has 2 heterocycles. The van der Waals surface area contributed by atoms with E-state index in [0.29, 0.717) is 0 Å². The zero-order chi connectivity index (χ0) is 18.4. The molecule has 1 aromatic carbocycles. The highest BCUT2D eigenvalue weighted by atomic mass is 16.2. The van der Waals surface area contributed by atoms with Gasteiger partial charge < -0.3 is 15.1 Å². The molecule has 1 saturated heterocycles.